The van der Waals surface area contributed by atoms with Gasteiger partial charge in [-0.1, -0.05) is 12.8 Å². The first kappa shape index (κ1) is 18.5. The van der Waals surface area contributed by atoms with Crippen molar-refractivity contribution in [1.82, 2.24) is 10.6 Å². The highest BCUT2D eigenvalue weighted by molar-refractivity contribution is 5.67. The molecule has 0 aromatic carbocycles. The lowest BCUT2D eigenvalue weighted by molar-refractivity contribution is 0.148. The Morgan fingerprint density at radius 3 is 1.50 bits per heavy atom. The Kier molecular flexibility index (Phi) is 12.8. The largest absolute Gasteiger partial charge is 0.448 e. The molecule has 0 rings (SSSR count). The minimum Gasteiger partial charge on any atom is -0.448 e. The van der Waals surface area contributed by atoms with Crippen molar-refractivity contribution in [1.29, 1.82) is 0 Å². The summed E-state index contributed by atoms with van der Waals surface area (Å²) in [5, 5.41) is 5.26. The summed E-state index contributed by atoms with van der Waals surface area (Å²) in [7, 11) is 0. The minimum absolute atomic E-state index is 0.234. The van der Waals surface area contributed by atoms with Crippen LogP contribution >= 0.6 is 0 Å². The lowest BCUT2D eigenvalue weighted by Gasteiger charge is -2.07. The molecule has 2 amide bonds. The van der Waals surface area contributed by atoms with Gasteiger partial charge in [0.1, 0.15) is 13.2 Å². The van der Waals surface area contributed by atoms with Crippen LogP contribution in [0.15, 0.2) is 0 Å². The van der Waals surface area contributed by atoms with Crippen molar-refractivity contribution in [3.8, 4) is 0 Å². The second kappa shape index (κ2) is 13.9. The minimum atomic E-state index is -0.431. The number of nitrogens with two attached hydrogens (primary N) is 2. The van der Waals surface area contributed by atoms with Crippen LogP contribution in [0, 0.1) is 0 Å². The number of carbonyl (C=O) groups is 2. The molecule has 0 radical (unpaired) electrons. The molecule has 0 aromatic heterocycles. The molecule has 0 saturated carbocycles. The number of unbranched alkanes of at least 4 members (excludes halogenated alkanes) is 3. The van der Waals surface area contributed by atoms with E-state index in [9.17, 15) is 9.59 Å². The number of hydrogen-bond acceptors (Lipinski definition) is 6. The predicted molar refractivity (Wildman–Crippen MR) is 75.3 cm³/mol. The second-order valence-corrected chi connectivity index (χ2v) is 4.12. The van der Waals surface area contributed by atoms with Crippen LogP contribution in [-0.4, -0.2) is 51.6 Å². The highest BCUT2D eigenvalue weighted by Gasteiger charge is 2.00. The van der Waals surface area contributed by atoms with Gasteiger partial charge in [0.25, 0.3) is 0 Å². The molecule has 0 aliphatic carbocycles. The first-order chi connectivity index (χ1) is 9.70. The summed E-state index contributed by atoms with van der Waals surface area (Å²) in [6, 6.07) is 0. The molecule has 0 saturated heterocycles. The Labute approximate surface area is 119 Å². The SMILES string of the molecule is NCCOC(=O)NCCCCCCNC(=O)OCCN. The molecular formula is C12H26N4O4. The Morgan fingerprint density at radius 1 is 0.750 bits per heavy atom. The van der Waals surface area contributed by atoms with E-state index in [-0.39, 0.29) is 13.2 Å². The van der Waals surface area contributed by atoms with Crippen LogP contribution < -0.4 is 22.1 Å². The summed E-state index contributed by atoms with van der Waals surface area (Å²) < 4.78 is 9.50. The number of alkyl carbamates (subject to hydrolysis) is 2. The molecule has 0 aliphatic rings. The monoisotopic (exact) mass is 290 g/mol. The Morgan fingerprint density at radius 2 is 1.15 bits per heavy atom. The van der Waals surface area contributed by atoms with Crippen LogP contribution in [0.1, 0.15) is 25.7 Å². The molecule has 0 atom stereocenters. The lowest BCUT2D eigenvalue weighted by atomic mass is 10.2. The number of rotatable bonds is 11. The van der Waals surface area contributed by atoms with Crippen molar-refractivity contribution in [3.63, 3.8) is 0 Å². The topological polar surface area (TPSA) is 129 Å². The first-order valence-corrected chi connectivity index (χ1v) is 6.92. The number of ether oxygens (including phenoxy) is 2. The van der Waals surface area contributed by atoms with E-state index in [1.54, 1.807) is 0 Å². The summed E-state index contributed by atoms with van der Waals surface area (Å²) in [5.41, 5.74) is 10.4. The maximum Gasteiger partial charge on any atom is 0.407 e. The van der Waals surface area contributed by atoms with E-state index in [1.807, 2.05) is 0 Å². The van der Waals surface area contributed by atoms with Crippen LogP contribution in [0.2, 0.25) is 0 Å². The van der Waals surface area contributed by atoms with Gasteiger partial charge in [-0.15, -0.1) is 0 Å². The van der Waals surface area contributed by atoms with Gasteiger partial charge in [-0.25, -0.2) is 9.59 Å². The second-order valence-electron chi connectivity index (χ2n) is 4.12. The van der Waals surface area contributed by atoms with Crippen LogP contribution in [0.4, 0.5) is 9.59 Å². The number of nitrogens with one attached hydrogen (secondary N) is 2. The van der Waals surface area contributed by atoms with E-state index in [4.69, 9.17) is 20.9 Å². The van der Waals surface area contributed by atoms with Gasteiger partial charge >= 0.3 is 12.2 Å². The Bertz CT molecular complexity index is 238. The maximum atomic E-state index is 11.0. The Balaban J connectivity index is 3.20. The summed E-state index contributed by atoms with van der Waals surface area (Å²) >= 11 is 0. The molecule has 8 heteroatoms. The van der Waals surface area contributed by atoms with Crippen LogP contribution in [0.5, 0.6) is 0 Å². The van der Waals surface area contributed by atoms with Gasteiger partial charge in [-0.3, -0.25) is 0 Å². The van der Waals surface area contributed by atoms with Gasteiger partial charge in [0, 0.05) is 26.2 Å². The molecule has 0 aliphatic heterocycles. The standard InChI is InChI=1S/C12H26N4O4/c13-5-9-19-11(17)15-7-3-1-2-4-8-16-12(18)20-10-6-14/h1-10,13-14H2,(H,15,17)(H,16,18). The van der Waals surface area contributed by atoms with E-state index in [2.05, 4.69) is 10.6 Å². The van der Waals surface area contributed by atoms with E-state index < -0.39 is 12.2 Å². The summed E-state index contributed by atoms with van der Waals surface area (Å²) in [4.78, 5) is 22.1. The zero-order valence-electron chi connectivity index (χ0n) is 11.9. The highest BCUT2D eigenvalue weighted by atomic mass is 16.6. The summed E-state index contributed by atoms with van der Waals surface area (Å²) in [5.74, 6) is 0. The number of carbonyl (C=O) groups excluding carboxylic acids is 2. The smallest absolute Gasteiger partial charge is 0.407 e. The molecule has 0 heterocycles. The van der Waals surface area contributed by atoms with Gasteiger partial charge in [0.2, 0.25) is 0 Å². The van der Waals surface area contributed by atoms with Gasteiger partial charge < -0.3 is 31.6 Å². The molecule has 0 aromatic rings. The van der Waals surface area contributed by atoms with Gasteiger partial charge in [0.05, 0.1) is 0 Å². The van der Waals surface area contributed by atoms with Crippen molar-refractivity contribution >= 4 is 12.2 Å². The Hall–Kier alpha value is -1.54. The van der Waals surface area contributed by atoms with Crippen LogP contribution in [0.3, 0.4) is 0 Å². The molecule has 0 spiro atoms. The van der Waals surface area contributed by atoms with E-state index in [0.717, 1.165) is 25.7 Å². The van der Waals surface area contributed by atoms with Crippen molar-refractivity contribution in [3.05, 3.63) is 0 Å². The van der Waals surface area contributed by atoms with E-state index in [1.165, 1.54) is 0 Å². The van der Waals surface area contributed by atoms with E-state index >= 15 is 0 Å². The molecule has 0 bridgehead atoms. The molecular weight excluding hydrogens is 264 g/mol. The van der Waals surface area contributed by atoms with Crippen molar-refractivity contribution < 1.29 is 19.1 Å². The maximum absolute atomic E-state index is 11.0. The number of hydrogen-bond donors (Lipinski definition) is 4. The fourth-order valence-electron chi connectivity index (χ4n) is 1.39. The molecule has 20 heavy (non-hydrogen) atoms. The quantitative estimate of drug-likeness (QED) is 0.394. The molecule has 8 nitrogen and oxygen atoms in total. The predicted octanol–water partition coefficient (Wildman–Crippen LogP) is -0.0834. The van der Waals surface area contributed by atoms with Crippen molar-refractivity contribution in [2.24, 2.45) is 11.5 Å². The lowest BCUT2D eigenvalue weighted by Crippen LogP contribution is -2.27. The summed E-state index contributed by atoms with van der Waals surface area (Å²) in [6.45, 7) is 2.28. The van der Waals surface area contributed by atoms with Gasteiger partial charge in [-0.05, 0) is 12.8 Å². The zero-order chi connectivity index (χ0) is 15.1. The van der Waals surface area contributed by atoms with E-state index in [0.29, 0.717) is 26.2 Å². The van der Waals surface area contributed by atoms with Crippen LogP contribution in [0.25, 0.3) is 0 Å². The third kappa shape index (κ3) is 12.9. The van der Waals surface area contributed by atoms with Crippen molar-refractivity contribution in [2.75, 3.05) is 39.4 Å². The van der Waals surface area contributed by atoms with Gasteiger partial charge in [-0.2, -0.15) is 0 Å². The normalized spacial score (nSPS) is 9.90. The zero-order valence-corrected chi connectivity index (χ0v) is 11.9. The fraction of sp³-hybridized carbons (Fsp3) is 0.833. The average Bonchev–Trinajstić information content (AvgIpc) is 2.45. The average molecular weight is 290 g/mol. The molecule has 118 valence electrons. The highest BCUT2D eigenvalue weighted by Crippen LogP contribution is 1.98. The first-order valence-electron chi connectivity index (χ1n) is 6.92. The molecule has 0 unspecified atom stereocenters. The summed E-state index contributed by atoms with van der Waals surface area (Å²) in [6.07, 6.45) is 2.82. The fourth-order valence-corrected chi connectivity index (χ4v) is 1.39. The third-order valence-corrected chi connectivity index (χ3v) is 2.34. The number of amides is 2. The van der Waals surface area contributed by atoms with Gasteiger partial charge in [0.15, 0.2) is 0 Å². The van der Waals surface area contributed by atoms with Crippen LogP contribution in [-0.2, 0) is 9.47 Å². The molecule has 6 N–H and O–H groups in total. The van der Waals surface area contributed by atoms with Crippen molar-refractivity contribution in [2.45, 2.75) is 25.7 Å². The molecule has 0 fully saturated rings. The third-order valence-electron chi connectivity index (χ3n) is 2.34.